The number of sulfonamides is 3. The third kappa shape index (κ3) is 12.0. The van der Waals surface area contributed by atoms with E-state index in [1.807, 2.05) is 32.4 Å². The van der Waals surface area contributed by atoms with Crippen molar-refractivity contribution in [2.24, 2.45) is 0 Å². The molecule has 0 spiro atoms. The number of hydrogen-bond donors (Lipinski definition) is 3. The molecule has 12 nitrogen and oxygen atoms in total. The van der Waals surface area contributed by atoms with Crippen LogP contribution in [-0.2, 0) is 30.1 Å². The first-order valence-corrected chi connectivity index (χ1v) is 14.3. The van der Waals surface area contributed by atoms with Gasteiger partial charge in [-0.2, -0.15) is 15.8 Å². The first kappa shape index (κ1) is 29.2. The molecule has 0 aromatic heterocycles. The maximum atomic E-state index is 12.6. The summed E-state index contributed by atoms with van der Waals surface area (Å²) in [5.41, 5.74) is 0. The molecule has 176 valence electrons. The van der Waals surface area contributed by atoms with E-state index in [1.54, 1.807) is 0 Å². The number of unbranched alkanes of at least 4 members (excludes halogenated alkanes) is 6. The molecule has 0 aliphatic rings. The Bertz CT molecular complexity index is 846. The Labute approximate surface area is 184 Å². The summed E-state index contributed by atoms with van der Waals surface area (Å²) in [6.07, 6.45) is 2.28. The predicted octanol–water partition coefficient (Wildman–Crippen LogP) is 0.110. The Morgan fingerprint density at radius 3 is 1.00 bits per heavy atom. The van der Waals surface area contributed by atoms with Crippen LogP contribution >= 0.6 is 0 Å². The van der Waals surface area contributed by atoms with Gasteiger partial charge in [0, 0.05) is 38.9 Å². The minimum Gasteiger partial charge on any atom is -0.213 e. The van der Waals surface area contributed by atoms with Crippen LogP contribution in [-0.4, -0.2) is 48.8 Å². The van der Waals surface area contributed by atoms with Crippen molar-refractivity contribution in [2.75, 3.05) is 19.6 Å². The van der Waals surface area contributed by atoms with Crippen LogP contribution in [0.1, 0.15) is 57.8 Å². The summed E-state index contributed by atoms with van der Waals surface area (Å²) in [6.45, 7) is -0.679. The Morgan fingerprint density at radius 1 is 0.516 bits per heavy atom. The van der Waals surface area contributed by atoms with E-state index in [2.05, 4.69) is 0 Å². The van der Waals surface area contributed by atoms with E-state index in [9.17, 15) is 25.3 Å². The molecule has 0 amide bonds. The maximum absolute atomic E-state index is 12.6. The highest BCUT2D eigenvalue weighted by Gasteiger charge is 2.48. The summed E-state index contributed by atoms with van der Waals surface area (Å²) in [4.78, 5) is 0. The summed E-state index contributed by atoms with van der Waals surface area (Å²) >= 11 is 0. The molecule has 0 fully saturated rings. The van der Waals surface area contributed by atoms with Crippen LogP contribution in [0.5, 0.6) is 0 Å². The smallest absolute Gasteiger partial charge is 0.213 e. The van der Waals surface area contributed by atoms with Crippen molar-refractivity contribution in [3.8, 4) is 18.2 Å². The SMILES string of the molecule is N#CCCCCNS(=O)(=O)C(S(=O)(=O)NCCCCC#N)S(=O)(=O)NCCCCC#N. The molecule has 0 aromatic carbocycles. The summed E-state index contributed by atoms with van der Waals surface area (Å²) in [6, 6.07) is 5.65. The van der Waals surface area contributed by atoms with Crippen LogP contribution in [0.3, 0.4) is 0 Å². The zero-order valence-corrected chi connectivity index (χ0v) is 19.5. The molecule has 0 atom stereocenters. The van der Waals surface area contributed by atoms with Crippen molar-refractivity contribution in [2.45, 2.75) is 61.7 Å². The molecule has 0 radical (unpaired) electrons. The molecule has 0 rings (SSSR count). The van der Waals surface area contributed by atoms with E-state index in [4.69, 9.17) is 15.8 Å². The second kappa shape index (κ2) is 15.1. The van der Waals surface area contributed by atoms with Gasteiger partial charge in [-0.05, 0) is 38.5 Å². The van der Waals surface area contributed by atoms with Gasteiger partial charge in [-0.25, -0.2) is 39.4 Å². The lowest BCUT2D eigenvalue weighted by Crippen LogP contribution is -2.53. The van der Waals surface area contributed by atoms with Gasteiger partial charge >= 0.3 is 3.91 Å². The van der Waals surface area contributed by atoms with Crippen LogP contribution in [0.2, 0.25) is 0 Å². The van der Waals surface area contributed by atoms with E-state index in [-0.39, 0.29) is 58.2 Å². The van der Waals surface area contributed by atoms with Crippen LogP contribution in [0.4, 0.5) is 0 Å². The van der Waals surface area contributed by atoms with Gasteiger partial charge in [-0.1, -0.05) is 0 Å². The van der Waals surface area contributed by atoms with Gasteiger partial charge in [0.2, 0.25) is 30.1 Å². The van der Waals surface area contributed by atoms with Crippen LogP contribution in [0.15, 0.2) is 0 Å². The lowest BCUT2D eigenvalue weighted by atomic mass is 10.2. The third-order valence-electron chi connectivity index (χ3n) is 3.82. The average molecular weight is 497 g/mol. The summed E-state index contributed by atoms with van der Waals surface area (Å²) in [5, 5.41) is 25.5. The first-order valence-electron chi connectivity index (χ1n) is 9.61. The summed E-state index contributed by atoms with van der Waals surface area (Å²) in [5.74, 6) is 0. The van der Waals surface area contributed by atoms with E-state index in [1.165, 1.54) is 0 Å². The highest BCUT2D eigenvalue weighted by atomic mass is 32.3. The molecule has 0 saturated heterocycles. The molecule has 3 N–H and O–H groups in total. The van der Waals surface area contributed by atoms with Gasteiger partial charge in [0.1, 0.15) is 0 Å². The second-order valence-corrected chi connectivity index (χ2v) is 12.9. The number of nitrogens with zero attached hydrogens (tertiary/aromatic N) is 3. The van der Waals surface area contributed by atoms with E-state index >= 15 is 0 Å². The minimum atomic E-state index is -4.86. The van der Waals surface area contributed by atoms with Crippen molar-refractivity contribution in [3.63, 3.8) is 0 Å². The Balaban J connectivity index is 5.47. The second-order valence-electron chi connectivity index (χ2n) is 6.45. The Morgan fingerprint density at radius 2 is 0.774 bits per heavy atom. The van der Waals surface area contributed by atoms with Crippen LogP contribution in [0, 0.1) is 34.0 Å². The van der Waals surface area contributed by atoms with Crippen molar-refractivity contribution in [1.82, 2.24) is 14.2 Å². The van der Waals surface area contributed by atoms with E-state index in [0.717, 1.165) is 0 Å². The van der Waals surface area contributed by atoms with Crippen molar-refractivity contribution >= 4 is 30.1 Å². The quantitative estimate of drug-likeness (QED) is 0.219. The van der Waals surface area contributed by atoms with Crippen molar-refractivity contribution in [1.29, 1.82) is 15.8 Å². The van der Waals surface area contributed by atoms with Crippen LogP contribution in [0.25, 0.3) is 0 Å². The molecule has 0 saturated carbocycles. The molecule has 0 unspecified atom stereocenters. The molecule has 0 bridgehead atoms. The molecule has 0 heterocycles. The predicted molar refractivity (Wildman–Crippen MR) is 113 cm³/mol. The van der Waals surface area contributed by atoms with Gasteiger partial charge in [0.15, 0.2) is 0 Å². The fourth-order valence-corrected chi connectivity index (χ4v) is 9.26. The van der Waals surface area contributed by atoms with Crippen LogP contribution < -0.4 is 14.2 Å². The standard InChI is InChI=1S/C16H28N6O6S3/c17-10-4-1-7-13-20-29(23,24)16(30(25,26)21-14-8-2-5-11-18)31(27,28)22-15-9-3-6-12-19/h16,20-22H,1-9,13-15H2. The van der Waals surface area contributed by atoms with Gasteiger partial charge in [0.25, 0.3) is 0 Å². The van der Waals surface area contributed by atoms with Crippen molar-refractivity contribution < 1.29 is 25.3 Å². The highest BCUT2D eigenvalue weighted by molar-refractivity contribution is 8.22. The average Bonchev–Trinajstić information content (AvgIpc) is 2.66. The number of hydrogen-bond acceptors (Lipinski definition) is 9. The fourth-order valence-electron chi connectivity index (χ4n) is 2.33. The molecular weight excluding hydrogens is 468 g/mol. The maximum Gasteiger partial charge on any atom is 0.303 e. The van der Waals surface area contributed by atoms with E-state index in [0.29, 0.717) is 19.3 Å². The lowest BCUT2D eigenvalue weighted by Gasteiger charge is -2.20. The first-order chi connectivity index (χ1) is 14.5. The normalized spacial score (nSPS) is 12.2. The number of rotatable bonds is 18. The molecule has 0 aromatic rings. The van der Waals surface area contributed by atoms with Gasteiger partial charge in [-0.3, -0.25) is 0 Å². The Kier molecular flexibility index (Phi) is 14.2. The number of nitriles is 3. The highest BCUT2D eigenvalue weighted by Crippen LogP contribution is 2.15. The zero-order chi connectivity index (χ0) is 23.8. The van der Waals surface area contributed by atoms with E-state index < -0.39 is 34.0 Å². The zero-order valence-electron chi connectivity index (χ0n) is 17.1. The molecule has 0 aliphatic heterocycles. The van der Waals surface area contributed by atoms with Gasteiger partial charge in [0.05, 0.1) is 18.2 Å². The molecule has 31 heavy (non-hydrogen) atoms. The molecule has 15 heteroatoms. The topological polar surface area (TPSA) is 210 Å². The van der Waals surface area contributed by atoms with Gasteiger partial charge in [-0.15, -0.1) is 0 Å². The fraction of sp³-hybridized carbons (Fsp3) is 0.812. The van der Waals surface area contributed by atoms with Gasteiger partial charge < -0.3 is 0 Å². The van der Waals surface area contributed by atoms with Crippen molar-refractivity contribution in [3.05, 3.63) is 0 Å². The molecule has 0 aliphatic carbocycles. The monoisotopic (exact) mass is 496 g/mol. The Hall–Kier alpha value is -1.80. The molecular formula is C16H28N6O6S3. The summed E-state index contributed by atoms with van der Waals surface area (Å²) in [7, 11) is -14.6. The lowest BCUT2D eigenvalue weighted by molar-refractivity contribution is 0.552. The minimum absolute atomic E-state index is 0.177. The summed E-state index contributed by atoms with van der Waals surface area (Å²) < 4.78 is 78.9. The largest absolute Gasteiger partial charge is 0.303 e. The third-order valence-corrected chi connectivity index (χ3v) is 11.7. The number of nitrogens with one attached hydrogen (secondary N) is 3.